The molecule has 3 N–H and O–H groups in total. The van der Waals surface area contributed by atoms with E-state index in [2.05, 4.69) is 5.16 Å². The highest BCUT2D eigenvalue weighted by molar-refractivity contribution is 6.03. The Bertz CT molecular complexity index is 631. The topological polar surface area (TPSA) is 90.2 Å². The third-order valence-electron chi connectivity index (χ3n) is 3.23. The van der Waals surface area contributed by atoms with Gasteiger partial charge in [0, 0.05) is 0 Å². The van der Waals surface area contributed by atoms with Crippen molar-refractivity contribution in [3.8, 4) is 5.75 Å². The summed E-state index contributed by atoms with van der Waals surface area (Å²) in [5.41, 5.74) is 6.22. The Morgan fingerprint density at radius 3 is 2.95 bits per heavy atom. The highest BCUT2D eigenvalue weighted by atomic mass is 16.7. The summed E-state index contributed by atoms with van der Waals surface area (Å²) in [5, 5.41) is 12.5. The first-order chi connectivity index (χ1) is 9.79. The highest BCUT2D eigenvalue weighted by Crippen LogP contribution is 2.33. The molecular weight excluding hydrogens is 260 g/mol. The van der Waals surface area contributed by atoms with E-state index < -0.39 is 0 Å². The summed E-state index contributed by atoms with van der Waals surface area (Å²) in [7, 11) is 0. The van der Waals surface area contributed by atoms with Gasteiger partial charge in [0.15, 0.2) is 12.5 Å². The lowest BCUT2D eigenvalue weighted by Crippen LogP contribution is -2.14. The molecule has 106 valence electrons. The van der Waals surface area contributed by atoms with Crippen molar-refractivity contribution in [2.24, 2.45) is 16.8 Å². The van der Waals surface area contributed by atoms with Crippen LogP contribution in [0.3, 0.4) is 0 Å². The van der Waals surface area contributed by atoms with Gasteiger partial charge in [-0.05, 0) is 30.9 Å². The molecule has 0 radical (unpaired) electrons. The average molecular weight is 276 g/mol. The van der Waals surface area contributed by atoms with Crippen LogP contribution in [0.1, 0.15) is 18.6 Å². The average Bonchev–Trinajstić information content (AvgIpc) is 3.23. The Balaban J connectivity index is 1.81. The van der Waals surface area contributed by atoms with Gasteiger partial charge in [-0.2, -0.15) is 0 Å². The normalized spacial score (nSPS) is 15.7. The molecule has 0 bridgehead atoms. The van der Waals surface area contributed by atoms with Crippen LogP contribution in [0.4, 0.5) is 0 Å². The van der Waals surface area contributed by atoms with Gasteiger partial charge >= 0.3 is 0 Å². The number of furan rings is 1. The maximum atomic E-state index is 8.81. The second kappa shape index (κ2) is 5.42. The maximum absolute atomic E-state index is 8.81. The molecule has 1 aromatic heterocycles. The van der Waals surface area contributed by atoms with E-state index in [0.717, 1.165) is 5.39 Å². The first-order valence-corrected chi connectivity index (χ1v) is 6.49. The molecule has 1 aliphatic rings. The van der Waals surface area contributed by atoms with Gasteiger partial charge in [0.1, 0.15) is 5.58 Å². The first-order valence-electron chi connectivity index (χ1n) is 6.49. The quantitative estimate of drug-likeness (QED) is 0.211. The molecule has 6 heteroatoms. The standard InChI is InChI=1S/C14H16N2O4/c15-14(16-17)13-12(19-8-18-7-9-5-6-9)10-3-1-2-4-11(10)20-13/h1-4,9,17H,5-8H2,(H2,15,16). The predicted molar refractivity (Wildman–Crippen MR) is 72.9 cm³/mol. The van der Waals surface area contributed by atoms with Crippen molar-refractivity contribution in [2.45, 2.75) is 12.8 Å². The molecule has 0 saturated heterocycles. The van der Waals surface area contributed by atoms with E-state index in [9.17, 15) is 0 Å². The van der Waals surface area contributed by atoms with E-state index in [1.165, 1.54) is 12.8 Å². The van der Waals surface area contributed by atoms with Gasteiger partial charge in [0.05, 0.1) is 12.0 Å². The number of hydrogen-bond acceptors (Lipinski definition) is 5. The zero-order chi connectivity index (χ0) is 13.9. The van der Waals surface area contributed by atoms with Crippen molar-refractivity contribution in [1.29, 1.82) is 0 Å². The van der Waals surface area contributed by atoms with Crippen molar-refractivity contribution in [3.05, 3.63) is 30.0 Å². The lowest BCUT2D eigenvalue weighted by atomic mass is 10.2. The highest BCUT2D eigenvalue weighted by Gasteiger charge is 2.22. The number of oxime groups is 1. The monoisotopic (exact) mass is 276 g/mol. The number of nitrogens with two attached hydrogens (primary N) is 1. The molecule has 1 heterocycles. The number of hydrogen-bond donors (Lipinski definition) is 2. The van der Waals surface area contributed by atoms with Crippen molar-refractivity contribution < 1.29 is 19.1 Å². The SMILES string of the molecule is N/C(=N/O)c1oc2ccccc2c1OCOCC1CC1. The summed E-state index contributed by atoms with van der Waals surface area (Å²) < 4.78 is 16.6. The Morgan fingerprint density at radius 2 is 2.20 bits per heavy atom. The van der Waals surface area contributed by atoms with Crippen LogP contribution in [0.15, 0.2) is 33.8 Å². The molecule has 1 saturated carbocycles. The van der Waals surface area contributed by atoms with Crippen LogP contribution >= 0.6 is 0 Å². The number of benzene rings is 1. The van der Waals surface area contributed by atoms with Crippen LogP contribution in [-0.4, -0.2) is 24.4 Å². The van der Waals surface area contributed by atoms with Crippen molar-refractivity contribution in [3.63, 3.8) is 0 Å². The summed E-state index contributed by atoms with van der Waals surface area (Å²) in [6.07, 6.45) is 2.45. The largest absolute Gasteiger partial charge is 0.463 e. The Labute approximate surface area is 115 Å². The minimum Gasteiger partial charge on any atom is -0.463 e. The minimum absolute atomic E-state index is 0.117. The number of fused-ring (bicyclic) bond motifs is 1. The molecule has 6 nitrogen and oxygen atoms in total. The molecular formula is C14H16N2O4. The van der Waals surface area contributed by atoms with Gasteiger partial charge < -0.3 is 24.8 Å². The number of rotatable bonds is 6. The van der Waals surface area contributed by atoms with E-state index in [1.807, 2.05) is 18.2 Å². The lowest BCUT2D eigenvalue weighted by Gasteiger charge is -2.06. The van der Waals surface area contributed by atoms with Crippen LogP contribution < -0.4 is 10.5 Å². The van der Waals surface area contributed by atoms with Gasteiger partial charge in [-0.3, -0.25) is 0 Å². The number of amidine groups is 1. The lowest BCUT2D eigenvalue weighted by molar-refractivity contribution is 0.0102. The molecule has 20 heavy (non-hydrogen) atoms. The van der Waals surface area contributed by atoms with Crippen molar-refractivity contribution in [2.75, 3.05) is 13.4 Å². The molecule has 3 rings (SSSR count). The van der Waals surface area contributed by atoms with E-state index in [1.54, 1.807) is 6.07 Å². The van der Waals surface area contributed by atoms with Gasteiger partial charge in [-0.1, -0.05) is 17.3 Å². The molecule has 0 amide bonds. The van der Waals surface area contributed by atoms with Gasteiger partial charge in [-0.25, -0.2) is 0 Å². The molecule has 0 atom stereocenters. The van der Waals surface area contributed by atoms with Gasteiger partial charge in [-0.15, -0.1) is 0 Å². The first kappa shape index (κ1) is 12.8. The van der Waals surface area contributed by atoms with Gasteiger partial charge in [0.25, 0.3) is 0 Å². The molecule has 0 unspecified atom stereocenters. The fourth-order valence-electron chi connectivity index (χ4n) is 1.98. The molecule has 1 aromatic carbocycles. The van der Waals surface area contributed by atoms with E-state index in [-0.39, 0.29) is 18.4 Å². The Kier molecular flexibility index (Phi) is 3.47. The van der Waals surface area contributed by atoms with Crippen LogP contribution in [0, 0.1) is 5.92 Å². The van der Waals surface area contributed by atoms with Gasteiger partial charge in [0.2, 0.25) is 11.6 Å². The summed E-state index contributed by atoms with van der Waals surface area (Å²) >= 11 is 0. The summed E-state index contributed by atoms with van der Waals surface area (Å²) in [4.78, 5) is 0. The number of ether oxygens (including phenoxy) is 2. The zero-order valence-corrected chi connectivity index (χ0v) is 10.9. The third kappa shape index (κ3) is 2.55. The van der Waals surface area contributed by atoms with Crippen LogP contribution in [0.2, 0.25) is 0 Å². The summed E-state index contributed by atoms with van der Waals surface area (Å²) in [5.74, 6) is 1.19. The molecule has 1 aliphatic carbocycles. The van der Waals surface area contributed by atoms with Crippen LogP contribution in [0.25, 0.3) is 11.0 Å². The van der Waals surface area contributed by atoms with E-state index in [4.69, 9.17) is 24.8 Å². The smallest absolute Gasteiger partial charge is 0.215 e. The van der Waals surface area contributed by atoms with E-state index in [0.29, 0.717) is 23.9 Å². The number of nitrogens with zero attached hydrogens (tertiary/aromatic N) is 1. The second-order valence-electron chi connectivity index (χ2n) is 4.82. The predicted octanol–water partition coefficient (Wildman–Crippen LogP) is 2.29. The Hall–Kier alpha value is -2.21. The summed E-state index contributed by atoms with van der Waals surface area (Å²) in [6.45, 7) is 0.820. The molecule has 2 aromatic rings. The maximum Gasteiger partial charge on any atom is 0.215 e. The number of para-hydroxylation sites is 1. The van der Waals surface area contributed by atoms with Crippen LogP contribution in [-0.2, 0) is 4.74 Å². The zero-order valence-electron chi connectivity index (χ0n) is 10.9. The molecule has 0 spiro atoms. The fourth-order valence-corrected chi connectivity index (χ4v) is 1.98. The summed E-state index contributed by atoms with van der Waals surface area (Å²) in [6, 6.07) is 7.35. The van der Waals surface area contributed by atoms with Crippen molar-refractivity contribution >= 4 is 16.8 Å². The fraction of sp³-hybridized carbons (Fsp3) is 0.357. The second-order valence-corrected chi connectivity index (χ2v) is 4.82. The van der Waals surface area contributed by atoms with Crippen molar-refractivity contribution in [1.82, 2.24) is 0 Å². The minimum atomic E-state index is -0.126. The Morgan fingerprint density at radius 1 is 1.40 bits per heavy atom. The molecule has 1 fully saturated rings. The third-order valence-corrected chi connectivity index (χ3v) is 3.23. The van der Waals surface area contributed by atoms with Crippen LogP contribution in [0.5, 0.6) is 5.75 Å². The van der Waals surface area contributed by atoms with E-state index >= 15 is 0 Å². The molecule has 0 aliphatic heterocycles.